The van der Waals surface area contributed by atoms with Crippen molar-refractivity contribution in [2.45, 2.75) is 26.6 Å². The first-order valence-corrected chi connectivity index (χ1v) is 13.6. The van der Waals surface area contributed by atoms with Crippen molar-refractivity contribution in [3.05, 3.63) is 95.1 Å². The number of aliphatic imine (C=N–C) groups is 1. The number of piperazine rings is 1. The Bertz CT molecular complexity index is 1450. The Morgan fingerprint density at radius 3 is 1.98 bits per heavy atom. The van der Waals surface area contributed by atoms with Crippen LogP contribution < -0.4 is 10.6 Å². The normalized spacial score (nSPS) is 13.8. The lowest BCUT2D eigenvalue weighted by Gasteiger charge is -2.36. The Labute approximate surface area is 252 Å². The molecule has 234 valence electrons. The zero-order valence-corrected chi connectivity index (χ0v) is 24.3. The molecular formula is C31H34F3N5O5. The molecule has 13 heteroatoms. The molecule has 3 aromatic carbocycles. The maximum Gasteiger partial charge on any atom is 0.490 e. The van der Waals surface area contributed by atoms with E-state index in [1.165, 1.54) is 5.56 Å². The highest BCUT2D eigenvalue weighted by atomic mass is 19.4. The number of carbonyl (C=O) groups excluding carboxylic acids is 1. The number of aromatic carboxylic acids is 1. The van der Waals surface area contributed by atoms with Gasteiger partial charge in [-0.25, -0.2) is 14.6 Å². The van der Waals surface area contributed by atoms with Gasteiger partial charge in [-0.3, -0.25) is 9.69 Å². The number of aryl methyl sites for hydroxylation is 2. The maximum atomic E-state index is 12.6. The molecule has 1 saturated heterocycles. The van der Waals surface area contributed by atoms with E-state index in [0.29, 0.717) is 26.2 Å². The zero-order valence-electron chi connectivity index (χ0n) is 24.3. The summed E-state index contributed by atoms with van der Waals surface area (Å²) in [6.45, 7) is 7.80. The van der Waals surface area contributed by atoms with Crippen molar-refractivity contribution >= 4 is 35.2 Å². The number of anilines is 2. The molecule has 1 aliphatic heterocycles. The summed E-state index contributed by atoms with van der Waals surface area (Å²) in [7, 11) is 0. The minimum absolute atomic E-state index is 0.0241. The Kier molecular flexibility index (Phi) is 11.9. The van der Waals surface area contributed by atoms with E-state index < -0.39 is 18.1 Å². The van der Waals surface area contributed by atoms with Gasteiger partial charge in [0.1, 0.15) is 0 Å². The number of aliphatic carboxylic acids is 1. The molecule has 0 aliphatic carbocycles. The quantitative estimate of drug-likeness (QED) is 0.219. The van der Waals surface area contributed by atoms with Gasteiger partial charge in [0.15, 0.2) is 5.96 Å². The van der Waals surface area contributed by atoms with Gasteiger partial charge in [-0.05, 0) is 61.4 Å². The lowest BCUT2D eigenvalue weighted by molar-refractivity contribution is -0.192. The Morgan fingerprint density at radius 1 is 0.818 bits per heavy atom. The van der Waals surface area contributed by atoms with Crippen molar-refractivity contribution in [3.63, 3.8) is 0 Å². The molecule has 0 spiro atoms. The standard InChI is InChI=1S/C29H33N5O3.C2HF3O2/c1-21-6-8-23(9-7-21)19-30-29(32-25-12-10-24(11-13-25)28(36)37)34-16-14-33(15-17-34)20-27(35)31-26-5-3-4-22(2)18-26;3-2(4,5)1(6)7/h3-13,18H,14-17,19-20H2,1-2H3,(H,30,32)(H,31,35)(H,36,37);(H,6,7). The van der Waals surface area contributed by atoms with Crippen LogP contribution in [0.15, 0.2) is 77.8 Å². The van der Waals surface area contributed by atoms with Gasteiger partial charge >= 0.3 is 18.1 Å². The number of carboxylic acid groups (broad SMARTS) is 2. The van der Waals surface area contributed by atoms with Gasteiger partial charge < -0.3 is 25.7 Å². The summed E-state index contributed by atoms with van der Waals surface area (Å²) in [6, 6.07) is 22.7. The van der Waals surface area contributed by atoms with Gasteiger partial charge in [-0.1, -0.05) is 42.0 Å². The fourth-order valence-corrected chi connectivity index (χ4v) is 4.15. The molecule has 0 bridgehead atoms. The SMILES string of the molecule is Cc1ccc(CN=C(Nc2ccc(C(=O)O)cc2)N2CCN(CC(=O)Nc3cccc(C)c3)CC2)cc1.O=C(O)C(F)(F)F. The van der Waals surface area contributed by atoms with Crippen LogP contribution in [0.25, 0.3) is 0 Å². The predicted octanol–water partition coefficient (Wildman–Crippen LogP) is 4.86. The van der Waals surface area contributed by atoms with Crippen molar-refractivity contribution < 1.29 is 37.8 Å². The van der Waals surface area contributed by atoms with Crippen LogP contribution in [0.2, 0.25) is 0 Å². The van der Waals surface area contributed by atoms with Crippen molar-refractivity contribution in [2.75, 3.05) is 43.4 Å². The average Bonchev–Trinajstić information content (AvgIpc) is 2.96. The summed E-state index contributed by atoms with van der Waals surface area (Å²) >= 11 is 0. The molecule has 0 atom stereocenters. The second kappa shape index (κ2) is 15.5. The number of hydrogen-bond donors (Lipinski definition) is 4. The number of guanidine groups is 1. The molecular weight excluding hydrogens is 579 g/mol. The molecule has 0 unspecified atom stereocenters. The van der Waals surface area contributed by atoms with Gasteiger partial charge in [0.05, 0.1) is 18.7 Å². The van der Waals surface area contributed by atoms with Crippen LogP contribution in [0.1, 0.15) is 27.0 Å². The van der Waals surface area contributed by atoms with Crippen molar-refractivity contribution in [2.24, 2.45) is 4.99 Å². The van der Waals surface area contributed by atoms with Gasteiger partial charge in [0.2, 0.25) is 5.91 Å². The fourth-order valence-electron chi connectivity index (χ4n) is 4.15. The zero-order chi connectivity index (χ0) is 32.3. The topological polar surface area (TPSA) is 135 Å². The number of benzene rings is 3. The van der Waals surface area contributed by atoms with Crippen LogP contribution in [0.5, 0.6) is 0 Å². The molecule has 3 aromatic rings. The molecule has 0 aromatic heterocycles. The summed E-state index contributed by atoms with van der Waals surface area (Å²) in [5.74, 6) is -3.01. The van der Waals surface area contributed by atoms with Gasteiger partial charge in [-0.2, -0.15) is 13.2 Å². The molecule has 1 heterocycles. The Morgan fingerprint density at radius 2 is 1.43 bits per heavy atom. The molecule has 0 saturated carbocycles. The maximum absolute atomic E-state index is 12.6. The number of nitrogens with one attached hydrogen (secondary N) is 2. The van der Waals surface area contributed by atoms with Crippen LogP contribution in [0.3, 0.4) is 0 Å². The first kappa shape index (κ1) is 33.6. The summed E-state index contributed by atoms with van der Waals surface area (Å²) in [5, 5.41) is 22.7. The third-order valence-electron chi connectivity index (χ3n) is 6.50. The van der Waals surface area contributed by atoms with E-state index in [4.69, 9.17) is 14.9 Å². The lowest BCUT2D eigenvalue weighted by Crippen LogP contribution is -2.52. The number of halogens is 3. The van der Waals surface area contributed by atoms with Crippen LogP contribution in [-0.4, -0.2) is 82.7 Å². The van der Waals surface area contributed by atoms with Crippen LogP contribution in [0.4, 0.5) is 24.5 Å². The summed E-state index contributed by atoms with van der Waals surface area (Å²) in [4.78, 5) is 41.8. The van der Waals surface area contributed by atoms with Crippen LogP contribution in [0, 0.1) is 13.8 Å². The van der Waals surface area contributed by atoms with E-state index in [9.17, 15) is 27.9 Å². The summed E-state index contributed by atoms with van der Waals surface area (Å²) in [5.41, 5.74) is 5.24. The highest BCUT2D eigenvalue weighted by molar-refractivity contribution is 5.95. The first-order chi connectivity index (χ1) is 20.8. The number of hydrogen-bond acceptors (Lipinski definition) is 5. The molecule has 1 fully saturated rings. The molecule has 1 aliphatic rings. The van der Waals surface area contributed by atoms with E-state index in [1.807, 2.05) is 31.2 Å². The second-order valence-electron chi connectivity index (χ2n) is 10.1. The van der Waals surface area contributed by atoms with Crippen molar-refractivity contribution in [1.82, 2.24) is 9.80 Å². The minimum atomic E-state index is -5.08. The molecule has 0 radical (unpaired) electrons. The highest BCUT2D eigenvalue weighted by Crippen LogP contribution is 2.15. The average molecular weight is 614 g/mol. The van der Waals surface area contributed by atoms with Crippen LogP contribution >= 0.6 is 0 Å². The van der Waals surface area contributed by atoms with Crippen molar-refractivity contribution in [3.8, 4) is 0 Å². The summed E-state index contributed by atoms with van der Waals surface area (Å²) < 4.78 is 31.7. The number of nitrogens with zero attached hydrogens (tertiary/aromatic N) is 3. The third-order valence-corrected chi connectivity index (χ3v) is 6.50. The highest BCUT2D eigenvalue weighted by Gasteiger charge is 2.38. The van der Waals surface area contributed by atoms with Gasteiger partial charge in [-0.15, -0.1) is 0 Å². The van der Waals surface area contributed by atoms with E-state index in [1.54, 1.807) is 24.3 Å². The number of rotatable bonds is 7. The minimum Gasteiger partial charge on any atom is -0.478 e. The first-order valence-electron chi connectivity index (χ1n) is 13.6. The van der Waals surface area contributed by atoms with E-state index in [0.717, 1.165) is 41.6 Å². The molecule has 4 N–H and O–H groups in total. The second-order valence-corrected chi connectivity index (χ2v) is 10.1. The number of amides is 1. The van der Waals surface area contributed by atoms with Gasteiger partial charge in [0, 0.05) is 37.6 Å². The van der Waals surface area contributed by atoms with E-state index in [-0.39, 0.29) is 11.5 Å². The number of carbonyl (C=O) groups is 3. The van der Waals surface area contributed by atoms with E-state index in [2.05, 4.69) is 51.6 Å². The largest absolute Gasteiger partial charge is 0.490 e. The van der Waals surface area contributed by atoms with Crippen LogP contribution in [-0.2, 0) is 16.1 Å². The predicted molar refractivity (Wildman–Crippen MR) is 161 cm³/mol. The van der Waals surface area contributed by atoms with Gasteiger partial charge in [0.25, 0.3) is 0 Å². The Hall–Kier alpha value is -4.91. The molecule has 44 heavy (non-hydrogen) atoms. The Balaban J connectivity index is 0.000000676. The van der Waals surface area contributed by atoms with E-state index >= 15 is 0 Å². The molecule has 1 amide bonds. The summed E-state index contributed by atoms with van der Waals surface area (Å²) in [6.07, 6.45) is -5.08. The number of carboxylic acids is 2. The van der Waals surface area contributed by atoms with Crippen molar-refractivity contribution in [1.29, 1.82) is 0 Å². The fraction of sp³-hybridized carbons (Fsp3) is 0.290. The monoisotopic (exact) mass is 613 g/mol. The smallest absolute Gasteiger partial charge is 0.478 e. The number of alkyl halides is 3. The lowest BCUT2D eigenvalue weighted by atomic mass is 10.1. The molecule has 4 rings (SSSR count). The third kappa shape index (κ3) is 11.1. The molecule has 10 nitrogen and oxygen atoms in total.